The van der Waals surface area contributed by atoms with Gasteiger partial charge in [-0.3, -0.25) is 4.79 Å². The van der Waals surface area contributed by atoms with Crippen LogP contribution in [0.3, 0.4) is 0 Å². The molecule has 0 fully saturated rings. The summed E-state index contributed by atoms with van der Waals surface area (Å²) in [5, 5.41) is 8.56. The Labute approximate surface area is 200 Å². The third-order valence-electron chi connectivity index (χ3n) is 5.34. The van der Waals surface area contributed by atoms with Crippen molar-refractivity contribution < 1.29 is 19.1 Å². The van der Waals surface area contributed by atoms with Gasteiger partial charge < -0.3 is 25.4 Å². The molecular formula is C27H31N3O4. The van der Waals surface area contributed by atoms with Gasteiger partial charge in [0.15, 0.2) is 11.5 Å². The minimum absolute atomic E-state index is 0.247. The van der Waals surface area contributed by atoms with E-state index in [0.717, 1.165) is 16.7 Å². The lowest BCUT2D eigenvalue weighted by Gasteiger charge is -2.19. The van der Waals surface area contributed by atoms with E-state index in [-0.39, 0.29) is 5.91 Å². The van der Waals surface area contributed by atoms with Crippen molar-refractivity contribution in [3.63, 3.8) is 0 Å². The molecule has 0 saturated heterocycles. The van der Waals surface area contributed by atoms with E-state index in [1.165, 1.54) is 0 Å². The van der Waals surface area contributed by atoms with Gasteiger partial charge in [-0.25, -0.2) is 4.79 Å². The molecule has 3 amide bonds. The second kappa shape index (κ2) is 12.3. The van der Waals surface area contributed by atoms with Crippen LogP contribution >= 0.6 is 0 Å². The Kier molecular flexibility index (Phi) is 8.91. The van der Waals surface area contributed by atoms with E-state index in [4.69, 9.17) is 9.47 Å². The molecule has 0 radical (unpaired) electrons. The Bertz CT molecular complexity index is 1100. The van der Waals surface area contributed by atoms with Crippen molar-refractivity contribution in [3.05, 3.63) is 89.5 Å². The van der Waals surface area contributed by atoms with Gasteiger partial charge >= 0.3 is 6.03 Å². The van der Waals surface area contributed by atoms with Crippen LogP contribution < -0.4 is 25.4 Å². The van der Waals surface area contributed by atoms with Gasteiger partial charge in [-0.15, -0.1) is 0 Å². The highest BCUT2D eigenvalue weighted by Crippen LogP contribution is 2.27. The van der Waals surface area contributed by atoms with Crippen molar-refractivity contribution in [2.24, 2.45) is 0 Å². The molecule has 178 valence electrons. The van der Waals surface area contributed by atoms with E-state index in [9.17, 15) is 9.59 Å². The Morgan fingerprint density at radius 2 is 1.62 bits per heavy atom. The summed E-state index contributed by atoms with van der Waals surface area (Å²) in [6, 6.07) is 21.6. The maximum absolute atomic E-state index is 13.0. The normalized spacial score (nSPS) is 11.3. The number of benzene rings is 3. The van der Waals surface area contributed by atoms with E-state index >= 15 is 0 Å². The first-order chi connectivity index (χ1) is 16.5. The van der Waals surface area contributed by atoms with E-state index in [1.807, 2.05) is 79.7 Å². The Morgan fingerprint density at radius 3 is 2.32 bits per heavy atom. The summed E-state index contributed by atoms with van der Waals surface area (Å²) < 4.78 is 10.6. The molecule has 1 unspecified atom stereocenters. The number of aryl methyl sites for hydroxylation is 1. The highest BCUT2D eigenvalue weighted by Gasteiger charge is 2.21. The number of anilines is 1. The molecule has 0 heterocycles. The molecule has 7 heteroatoms. The lowest BCUT2D eigenvalue weighted by molar-refractivity contribution is -0.122. The molecule has 3 aromatic carbocycles. The number of methoxy groups -OCH3 is 2. The molecule has 3 N–H and O–H groups in total. The van der Waals surface area contributed by atoms with Crippen LogP contribution in [0.4, 0.5) is 10.5 Å². The van der Waals surface area contributed by atoms with Crippen LogP contribution in [0, 0.1) is 6.92 Å². The fraction of sp³-hybridized carbons (Fsp3) is 0.259. The second-order valence-electron chi connectivity index (χ2n) is 7.94. The SMILES string of the molecule is COc1ccc(CCNC(=O)C(Cc2ccccc2)NC(=O)Nc2cccc(C)c2)cc1OC. The fourth-order valence-electron chi connectivity index (χ4n) is 3.60. The lowest BCUT2D eigenvalue weighted by atomic mass is 10.1. The van der Waals surface area contributed by atoms with Crippen molar-refractivity contribution in [3.8, 4) is 11.5 Å². The lowest BCUT2D eigenvalue weighted by Crippen LogP contribution is -2.49. The second-order valence-corrected chi connectivity index (χ2v) is 7.94. The molecule has 0 aliphatic carbocycles. The number of ether oxygens (including phenoxy) is 2. The largest absolute Gasteiger partial charge is 0.493 e. The molecule has 0 aromatic heterocycles. The summed E-state index contributed by atoms with van der Waals surface area (Å²) in [6.07, 6.45) is 0.990. The molecule has 7 nitrogen and oxygen atoms in total. The molecule has 0 aliphatic rings. The van der Waals surface area contributed by atoms with Crippen molar-refractivity contribution in [1.29, 1.82) is 0 Å². The summed E-state index contributed by atoms with van der Waals surface area (Å²) in [5.41, 5.74) is 3.66. The van der Waals surface area contributed by atoms with Gasteiger partial charge in [0.2, 0.25) is 5.91 Å². The number of carbonyl (C=O) groups is 2. The predicted octanol–water partition coefficient (Wildman–Crippen LogP) is 4.10. The molecule has 1 atom stereocenters. The maximum Gasteiger partial charge on any atom is 0.319 e. The fourth-order valence-corrected chi connectivity index (χ4v) is 3.60. The highest BCUT2D eigenvalue weighted by atomic mass is 16.5. The zero-order chi connectivity index (χ0) is 24.3. The van der Waals surface area contributed by atoms with Gasteiger partial charge in [0, 0.05) is 18.7 Å². The molecule has 0 aliphatic heterocycles. The highest BCUT2D eigenvalue weighted by molar-refractivity contribution is 5.93. The number of nitrogens with one attached hydrogen (secondary N) is 3. The van der Waals surface area contributed by atoms with E-state index < -0.39 is 12.1 Å². The molecule has 34 heavy (non-hydrogen) atoms. The molecular weight excluding hydrogens is 430 g/mol. The standard InChI is InChI=1S/C27H31N3O4/c1-19-8-7-11-22(16-19)29-27(32)30-23(17-20-9-5-4-6-10-20)26(31)28-15-14-21-12-13-24(33-2)25(18-21)34-3/h4-13,16,18,23H,14-15,17H2,1-3H3,(H,28,31)(H2,29,30,32). The van der Waals surface area contributed by atoms with Gasteiger partial charge in [-0.05, 0) is 54.3 Å². The first kappa shape index (κ1) is 24.6. The third-order valence-corrected chi connectivity index (χ3v) is 5.34. The molecule has 0 bridgehead atoms. The summed E-state index contributed by atoms with van der Waals surface area (Å²) in [4.78, 5) is 25.6. The smallest absolute Gasteiger partial charge is 0.319 e. The van der Waals surface area contributed by atoms with Crippen LogP contribution in [-0.2, 0) is 17.6 Å². The van der Waals surface area contributed by atoms with Gasteiger partial charge in [-0.2, -0.15) is 0 Å². The zero-order valence-electron chi connectivity index (χ0n) is 19.8. The zero-order valence-corrected chi connectivity index (χ0v) is 19.8. The van der Waals surface area contributed by atoms with Gasteiger partial charge in [0.25, 0.3) is 0 Å². The minimum atomic E-state index is -0.724. The number of hydrogen-bond donors (Lipinski definition) is 3. The summed E-state index contributed by atoms with van der Waals surface area (Å²) >= 11 is 0. The first-order valence-corrected chi connectivity index (χ1v) is 11.1. The predicted molar refractivity (Wildman–Crippen MR) is 134 cm³/mol. The first-order valence-electron chi connectivity index (χ1n) is 11.1. The van der Waals surface area contributed by atoms with Crippen molar-refractivity contribution in [1.82, 2.24) is 10.6 Å². The van der Waals surface area contributed by atoms with Crippen molar-refractivity contribution in [2.45, 2.75) is 25.8 Å². The van der Waals surface area contributed by atoms with Crippen LogP contribution in [0.15, 0.2) is 72.8 Å². The average Bonchev–Trinajstić information content (AvgIpc) is 2.84. The van der Waals surface area contributed by atoms with Gasteiger partial charge in [0.05, 0.1) is 14.2 Å². The number of rotatable bonds is 10. The van der Waals surface area contributed by atoms with E-state index in [0.29, 0.717) is 36.6 Å². The molecule has 0 spiro atoms. The number of amides is 3. The van der Waals surface area contributed by atoms with E-state index in [1.54, 1.807) is 14.2 Å². The average molecular weight is 462 g/mol. The van der Waals surface area contributed by atoms with Gasteiger partial charge in [0.1, 0.15) is 6.04 Å². The van der Waals surface area contributed by atoms with Crippen LogP contribution in [0.1, 0.15) is 16.7 Å². The van der Waals surface area contributed by atoms with Crippen molar-refractivity contribution in [2.75, 3.05) is 26.1 Å². The molecule has 3 aromatic rings. The Balaban J connectivity index is 1.62. The summed E-state index contributed by atoms with van der Waals surface area (Å²) in [6.45, 7) is 2.37. The van der Waals surface area contributed by atoms with Crippen molar-refractivity contribution >= 4 is 17.6 Å². The molecule has 3 rings (SSSR count). The van der Waals surface area contributed by atoms with Crippen LogP contribution in [0.25, 0.3) is 0 Å². The third kappa shape index (κ3) is 7.27. The maximum atomic E-state index is 13.0. The number of hydrogen-bond acceptors (Lipinski definition) is 4. The summed E-state index contributed by atoms with van der Waals surface area (Å²) in [7, 11) is 3.18. The number of carbonyl (C=O) groups excluding carboxylic acids is 2. The topological polar surface area (TPSA) is 88.7 Å². The minimum Gasteiger partial charge on any atom is -0.493 e. The van der Waals surface area contributed by atoms with Gasteiger partial charge in [-0.1, -0.05) is 48.5 Å². The number of urea groups is 1. The molecule has 0 saturated carbocycles. The Morgan fingerprint density at radius 1 is 0.853 bits per heavy atom. The quantitative estimate of drug-likeness (QED) is 0.424. The van der Waals surface area contributed by atoms with Crippen LogP contribution in [0.5, 0.6) is 11.5 Å². The summed E-state index contributed by atoms with van der Waals surface area (Å²) in [5.74, 6) is 1.05. The van der Waals surface area contributed by atoms with Crippen LogP contribution in [-0.4, -0.2) is 38.7 Å². The monoisotopic (exact) mass is 461 g/mol. The Hall–Kier alpha value is -4.00. The van der Waals surface area contributed by atoms with E-state index in [2.05, 4.69) is 16.0 Å². The van der Waals surface area contributed by atoms with Crippen LogP contribution in [0.2, 0.25) is 0 Å².